The molecule has 1 aromatic carbocycles. The molecule has 0 aliphatic rings. The summed E-state index contributed by atoms with van der Waals surface area (Å²) in [5.74, 6) is 0. The first-order chi connectivity index (χ1) is 10.2. The predicted molar refractivity (Wildman–Crippen MR) is 84.2 cm³/mol. The van der Waals surface area contributed by atoms with E-state index in [4.69, 9.17) is 5.73 Å². The maximum Gasteiger partial charge on any atom is 0.0726 e. The minimum Gasteiger partial charge on any atom is -0.326 e. The van der Waals surface area contributed by atoms with Gasteiger partial charge in [-0.25, -0.2) is 4.68 Å². The van der Waals surface area contributed by atoms with Gasteiger partial charge in [-0.05, 0) is 25.5 Å². The molecule has 21 heavy (non-hydrogen) atoms. The summed E-state index contributed by atoms with van der Waals surface area (Å²) < 4.78 is 1.88. The third kappa shape index (κ3) is 2.58. The molecule has 0 unspecified atom stereocenters. The number of hydrogen-bond donors (Lipinski definition) is 1. The van der Waals surface area contributed by atoms with E-state index in [1.54, 1.807) is 0 Å². The van der Waals surface area contributed by atoms with Crippen LogP contribution in [0.15, 0.2) is 48.8 Å². The average molecular weight is 278 g/mol. The van der Waals surface area contributed by atoms with Gasteiger partial charge in [0, 0.05) is 35.3 Å². The van der Waals surface area contributed by atoms with Crippen LogP contribution in [0.1, 0.15) is 17.0 Å². The summed E-state index contributed by atoms with van der Waals surface area (Å²) in [5, 5.41) is 4.49. The van der Waals surface area contributed by atoms with Crippen LogP contribution < -0.4 is 5.73 Å². The maximum absolute atomic E-state index is 5.88. The van der Waals surface area contributed by atoms with Crippen LogP contribution in [0.4, 0.5) is 0 Å². The van der Waals surface area contributed by atoms with Crippen molar-refractivity contribution in [2.24, 2.45) is 5.73 Å². The number of hydrogen-bond acceptors (Lipinski definition) is 3. The number of nitrogens with zero attached hydrogens (tertiary/aromatic N) is 3. The van der Waals surface area contributed by atoms with Gasteiger partial charge in [0.05, 0.1) is 11.9 Å². The zero-order chi connectivity index (χ0) is 14.8. The minimum absolute atomic E-state index is 0.453. The zero-order valence-corrected chi connectivity index (χ0v) is 12.2. The molecule has 0 saturated carbocycles. The lowest BCUT2D eigenvalue weighted by Gasteiger charge is -2.11. The summed E-state index contributed by atoms with van der Waals surface area (Å²) in [5.41, 5.74) is 12.1. The van der Waals surface area contributed by atoms with E-state index in [0.717, 1.165) is 33.8 Å². The zero-order valence-electron chi connectivity index (χ0n) is 12.2. The first-order valence-electron chi connectivity index (χ1n) is 6.96. The molecule has 2 aromatic heterocycles. The van der Waals surface area contributed by atoms with E-state index in [9.17, 15) is 0 Å². The minimum atomic E-state index is 0.453. The van der Waals surface area contributed by atoms with Crippen molar-refractivity contribution in [3.05, 3.63) is 65.7 Å². The molecule has 0 spiro atoms. The molecule has 0 radical (unpaired) electrons. The van der Waals surface area contributed by atoms with Crippen molar-refractivity contribution in [3.63, 3.8) is 0 Å². The molecule has 2 N–H and O–H groups in total. The molecule has 0 aliphatic heterocycles. The van der Waals surface area contributed by atoms with E-state index in [-0.39, 0.29) is 0 Å². The summed E-state index contributed by atoms with van der Waals surface area (Å²) in [6.07, 6.45) is 3.91. The fourth-order valence-corrected chi connectivity index (χ4v) is 2.53. The van der Waals surface area contributed by atoms with E-state index < -0.39 is 0 Å². The Hall–Kier alpha value is -2.46. The van der Waals surface area contributed by atoms with E-state index in [2.05, 4.69) is 22.2 Å². The highest BCUT2D eigenvalue weighted by molar-refractivity contribution is 5.62. The molecular weight excluding hydrogens is 260 g/mol. The first-order valence-corrected chi connectivity index (χ1v) is 6.96. The summed E-state index contributed by atoms with van der Waals surface area (Å²) in [4.78, 5) is 4.47. The van der Waals surface area contributed by atoms with Gasteiger partial charge in [0.25, 0.3) is 0 Å². The van der Waals surface area contributed by atoms with Gasteiger partial charge >= 0.3 is 0 Å². The number of aryl methyl sites for hydroxylation is 2. The lowest BCUT2D eigenvalue weighted by Crippen LogP contribution is -2.09. The fraction of sp³-hybridized carbons (Fsp3) is 0.176. The lowest BCUT2D eigenvalue weighted by molar-refractivity contribution is 0.841. The van der Waals surface area contributed by atoms with Crippen molar-refractivity contribution in [1.82, 2.24) is 14.8 Å². The molecule has 2 heterocycles. The van der Waals surface area contributed by atoms with Gasteiger partial charge in [-0.1, -0.05) is 30.3 Å². The van der Waals surface area contributed by atoms with Crippen molar-refractivity contribution in [2.75, 3.05) is 0 Å². The van der Waals surface area contributed by atoms with Crippen molar-refractivity contribution in [2.45, 2.75) is 20.4 Å². The van der Waals surface area contributed by atoms with Crippen LogP contribution in [0.25, 0.3) is 16.8 Å². The molecule has 0 aliphatic carbocycles. The van der Waals surface area contributed by atoms with Crippen LogP contribution in [0.3, 0.4) is 0 Å². The Bertz CT molecular complexity index is 760. The van der Waals surface area contributed by atoms with Crippen LogP contribution in [-0.2, 0) is 6.54 Å². The quantitative estimate of drug-likeness (QED) is 0.801. The number of pyridine rings is 1. The van der Waals surface area contributed by atoms with E-state index in [1.165, 1.54) is 0 Å². The smallest absolute Gasteiger partial charge is 0.0726 e. The second kappa shape index (κ2) is 5.50. The normalized spacial score (nSPS) is 10.8. The highest BCUT2D eigenvalue weighted by Crippen LogP contribution is 2.22. The maximum atomic E-state index is 5.88. The van der Waals surface area contributed by atoms with Crippen LogP contribution in [0.2, 0.25) is 0 Å². The van der Waals surface area contributed by atoms with Crippen LogP contribution in [0, 0.1) is 13.8 Å². The third-order valence-electron chi connectivity index (χ3n) is 3.58. The SMILES string of the molecule is Cc1cc(-n2cc(-c3ccccc3)cn2)c(CN)c(C)n1. The highest BCUT2D eigenvalue weighted by atomic mass is 15.3. The summed E-state index contributed by atoms with van der Waals surface area (Å²) >= 11 is 0. The van der Waals surface area contributed by atoms with Crippen LogP contribution in [-0.4, -0.2) is 14.8 Å². The van der Waals surface area contributed by atoms with E-state index in [0.29, 0.717) is 6.54 Å². The van der Waals surface area contributed by atoms with Gasteiger partial charge in [0.15, 0.2) is 0 Å². The molecule has 106 valence electrons. The second-order valence-corrected chi connectivity index (χ2v) is 5.09. The van der Waals surface area contributed by atoms with E-state index in [1.807, 2.05) is 55.2 Å². The Morgan fingerprint density at radius 2 is 1.86 bits per heavy atom. The second-order valence-electron chi connectivity index (χ2n) is 5.09. The fourth-order valence-electron chi connectivity index (χ4n) is 2.53. The van der Waals surface area contributed by atoms with Gasteiger partial charge in [0.1, 0.15) is 0 Å². The molecule has 3 aromatic rings. The molecule has 3 rings (SSSR count). The lowest BCUT2D eigenvalue weighted by atomic mass is 10.1. The Kier molecular flexibility index (Phi) is 3.54. The number of aromatic nitrogens is 3. The molecular formula is C17H18N4. The standard InChI is InChI=1S/C17H18N4/c1-12-8-17(16(9-18)13(2)20-12)21-11-15(10-19-21)14-6-4-3-5-7-14/h3-8,10-11H,9,18H2,1-2H3. The summed E-state index contributed by atoms with van der Waals surface area (Å²) in [6, 6.07) is 12.2. The number of rotatable bonds is 3. The van der Waals surface area contributed by atoms with E-state index >= 15 is 0 Å². The molecule has 0 saturated heterocycles. The Balaban J connectivity index is 2.09. The monoisotopic (exact) mass is 278 g/mol. The summed E-state index contributed by atoms with van der Waals surface area (Å²) in [6.45, 7) is 4.42. The van der Waals surface area contributed by atoms with Crippen molar-refractivity contribution >= 4 is 0 Å². The predicted octanol–water partition coefficient (Wildman–Crippen LogP) is 3.01. The van der Waals surface area contributed by atoms with Gasteiger partial charge in [-0.3, -0.25) is 4.98 Å². The number of nitrogens with two attached hydrogens (primary N) is 1. The highest BCUT2D eigenvalue weighted by Gasteiger charge is 2.11. The van der Waals surface area contributed by atoms with Gasteiger partial charge in [0.2, 0.25) is 0 Å². The molecule has 0 fully saturated rings. The molecule has 0 amide bonds. The third-order valence-corrected chi connectivity index (χ3v) is 3.58. The number of benzene rings is 1. The van der Waals surface area contributed by atoms with Gasteiger partial charge in [-0.15, -0.1) is 0 Å². The van der Waals surface area contributed by atoms with Crippen molar-refractivity contribution < 1.29 is 0 Å². The van der Waals surface area contributed by atoms with Crippen LogP contribution >= 0.6 is 0 Å². The summed E-state index contributed by atoms with van der Waals surface area (Å²) in [7, 11) is 0. The molecule has 0 atom stereocenters. The molecule has 4 nitrogen and oxygen atoms in total. The average Bonchev–Trinajstić information content (AvgIpc) is 2.97. The Morgan fingerprint density at radius 1 is 1.10 bits per heavy atom. The van der Waals surface area contributed by atoms with Crippen molar-refractivity contribution in [1.29, 1.82) is 0 Å². The molecule has 0 bridgehead atoms. The van der Waals surface area contributed by atoms with Gasteiger partial charge in [-0.2, -0.15) is 5.10 Å². The molecule has 4 heteroatoms. The Morgan fingerprint density at radius 3 is 2.57 bits per heavy atom. The van der Waals surface area contributed by atoms with Crippen molar-refractivity contribution in [3.8, 4) is 16.8 Å². The topological polar surface area (TPSA) is 56.7 Å². The Labute approximate surface area is 124 Å². The largest absolute Gasteiger partial charge is 0.326 e. The van der Waals surface area contributed by atoms with Gasteiger partial charge < -0.3 is 5.73 Å². The van der Waals surface area contributed by atoms with Crippen LogP contribution in [0.5, 0.6) is 0 Å². The first kappa shape index (κ1) is 13.5.